The number of unbranched alkanes of at least 4 members (excludes halogenated alkanes) is 15. The van der Waals surface area contributed by atoms with Crippen molar-refractivity contribution in [2.24, 2.45) is 0 Å². The SMILES string of the molecule is CCCCCCCCC1(CCCCCCCC)c2cc(-c3ccc(-c4ccc(C)cc4)cc3)ccc2-c2ccc(-c3ccc(-c4ccc(OCCCCCCCCN5C(=O)C=CC5=O)cc4)cc3)cc21. The molecular weight excluding hydrogens is 855 g/mol. The molecule has 1 aliphatic carbocycles. The summed E-state index contributed by atoms with van der Waals surface area (Å²) < 4.78 is 6.12. The molecule has 0 saturated heterocycles. The third-order valence-electron chi connectivity index (χ3n) is 15.2. The number of carbonyl (C=O) groups is 2. The number of ether oxygens (including phenoxy) is 1. The van der Waals surface area contributed by atoms with Gasteiger partial charge in [-0.05, 0) is 124 Å². The predicted octanol–water partition coefficient (Wildman–Crippen LogP) is 18.1. The summed E-state index contributed by atoms with van der Waals surface area (Å²) in [6, 6.07) is 50.6. The van der Waals surface area contributed by atoms with Gasteiger partial charge in [0.05, 0.1) is 6.61 Å². The van der Waals surface area contributed by atoms with Gasteiger partial charge in [-0.15, -0.1) is 0 Å². The molecule has 4 heteroatoms. The fourth-order valence-electron chi connectivity index (χ4n) is 11.1. The maximum atomic E-state index is 11.7. The Morgan fingerprint density at radius 2 is 0.757 bits per heavy atom. The first-order valence-electron chi connectivity index (χ1n) is 27.2. The molecule has 0 bridgehead atoms. The average molecular weight is 932 g/mol. The summed E-state index contributed by atoms with van der Waals surface area (Å²) in [6.07, 6.45) is 27.0. The van der Waals surface area contributed by atoms with Crippen LogP contribution in [0.5, 0.6) is 5.75 Å². The van der Waals surface area contributed by atoms with Crippen molar-refractivity contribution in [3.05, 3.63) is 162 Å². The third-order valence-corrected chi connectivity index (χ3v) is 15.2. The van der Waals surface area contributed by atoms with Crippen molar-refractivity contribution in [3.8, 4) is 61.4 Å². The summed E-state index contributed by atoms with van der Waals surface area (Å²) >= 11 is 0. The van der Waals surface area contributed by atoms with E-state index in [4.69, 9.17) is 4.74 Å². The zero-order valence-electron chi connectivity index (χ0n) is 42.6. The van der Waals surface area contributed by atoms with Crippen molar-refractivity contribution < 1.29 is 14.3 Å². The lowest BCUT2D eigenvalue weighted by atomic mass is 9.70. The topological polar surface area (TPSA) is 46.6 Å². The number of hydrogen-bond acceptors (Lipinski definition) is 3. The van der Waals surface area contributed by atoms with Gasteiger partial charge in [-0.25, -0.2) is 0 Å². The standard InChI is InChI=1S/C66H77NO3/c1-4-6-8-10-14-18-44-66(45-19-15-11-9-7-5-2)62-48-57(55-30-26-52(27-31-55)51-24-22-50(3)23-25-51)36-40-60(62)61-41-37-58(49-63(61)66)56-32-28-53(29-33-56)54-34-38-59(39-35-54)70-47-21-17-13-12-16-20-46-67-64(68)42-43-65(67)69/h22-43,48-49H,4-21,44-47H2,1-3H3. The highest BCUT2D eigenvalue weighted by Crippen LogP contribution is 2.56. The number of rotatable bonds is 28. The monoisotopic (exact) mass is 932 g/mol. The van der Waals surface area contributed by atoms with Crippen molar-refractivity contribution >= 4 is 11.8 Å². The molecule has 6 aromatic carbocycles. The number of nitrogens with zero attached hydrogens (tertiary/aromatic N) is 1. The molecule has 1 aliphatic heterocycles. The summed E-state index contributed by atoms with van der Waals surface area (Å²) in [5.41, 5.74) is 17.3. The maximum Gasteiger partial charge on any atom is 0.253 e. The van der Waals surface area contributed by atoms with Gasteiger partial charge in [-0.3, -0.25) is 14.5 Å². The van der Waals surface area contributed by atoms with Crippen molar-refractivity contribution in [3.63, 3.8) is 0 Å². The van der Waals surface area contributed by atoms with Crippen molar-refractivity contribution in [2.75, 3.05) is 13.2 Å². The van der Waals surface area contributed by atoms with Crippen LogP contribution in [0, 0.1) is 6.92 Å². The molecule has 1 heterocycles. The maximum absolute atomic E-state index is 11.7. The number of aryl methyl sites for hydroxylation is 1. The second-order valence-electron chi connectivity index (χ2n) is 20.3. The molecule has 0 radical (unpaired) electrons. The van der Waals surface area contributed by atoms with Crippen LogP contribution in [0.4, 0.5) is 0 Å². The molecule has 364 valence electrons. The van der Waals surface area contributed by atoms with E-state index < -0.39 is 0 Å². The van der Waals surface area contributed by atoms with E-state index in [1.165, 1.54) is 174 Å². The fraction of sp³-hybridized carbons (Fsp3) is 0.394. The Morgan fingerprint density at radius 3 is 1.21 bits per heavy atom. The summed E-state index contributed by atoms with van der Waals surface area (Å²) in [6.45, 7) is 8.00. The van der Waals surface area contributed by atoms with E-state index in [1.54, 1.807) is 5.56 Å². The smallest absolute Gasteiger partial charge is 0.253 e. The largest absolute Gasteiger partial charge is 0.494 e. The molecule has 0 saturated carbocycles. The number of hydrogen-bond donors (Lipinski definition) is 0. The van der Waals surface area contributed by atoms with Gasteiger partial charge in [0.25, 0.3) is 11.8 Å². The molecule has 0 spiro atoms. The Hall–Kier alpha value is -6.00. The van der Waals surface area contributed by atoms with Crippen LogP contribution in [-0.4, -0.2) is 29.9 Å². The van der Waals surface area contributed by atoms with Gasteiger partial charge in [-0.1, -0.05) is 231 Å². The van der Waals surface area contributed by atoms with Gasteiger partial charge in [0.2, 0.25) is 0 Å². The normalized spacial score (nSPS) is 13.6. The van der Waals surface area contributed by atoms with E-state index in [9.17, 15) is 9.59 Å². The summed E-state index contributed by atoms with van der Waals surface area (Å²) in [4.78, 5) is 24.8. The number of carbonyl (C=O) groups excluding carboxylic acids is 2. The molecule has 2 aliphatic rings. The highest BCUT2D eigenvalue weighted by atomic mass is 16.5. The first kappa shape index (κ1) is 50.4. The summed E-state index contributed by atoms with van der Waals surface area (Å²) in [5, 5.41) is 0. The van der Waals surface area contributed by atoms with Gasteiger partial charge < -0.3 is 4.74 Å². The van der Waals surface area contributed by atoms with Crippen molar-refractivity contribution in [1.82, 2.24) is 4.90 Å². The van der Waals surface area contributed by atoms with Gasteiger partial charge in [-0.2, -0.15) is 0 Å². The zero-order chi connectivity index (χ0) is 48.5. The molecule has 70 heavy (non-hydrogen) atoms. The zero-order valence-corrected chi connectivity index (χ0v) is 42.6. The van der Waals surface area contributed by atoms with Gasteiger partial charge in [0.1, 0.15) is 5.75 Å². The average Bonchev–Trinajstić information content (AvgIpc) is 3.86. The van der Waals surface area contributed by atoms with Crippen molar-refractivity contribution in [2.45, 2.75) is 155 Å². The Bertz CT molecular complexity index is 2600. The van der Waals surface area contributed by atoms with Crippen LogP contribution >= 0.6 is 0 Å². The van der Waals surface area contributed by atoms with E-state index in [-0.39, 0.29) is 17.2 Å². The predicted molar refractivity (Wildman–Crippen MR) is 294 cm³/mol. The molecule has 0 aromatic heterocycles. The van der Waals surface area contributed by atoms with Crippen LogP contribution in [0.1, 0.15) is 159 Å². The lowest BCUT2D eigenvalue weighted by Crippen LogP contribution is -2.30. The van der Waals surface area contributed by atoms with E-state index >= 15 is 0 Å². The second kappa shape index (κ2) is 25.2. The van der Waals surface area contributed by atoms with E-state index in [0.717, 1.165) is 44.3 Å². The molecule has 0 N–H and O–H groups in total. The van der Waals surface area contributed by atoms with Crippen LogP contribution in [-0.2, 0) is 15.0 Å². The minimum Gasteiger partial charge on any atom is -0.494 e. The number of imide groups is 1. The van der Waals surface area contributed by atoms with E-state index in [0.29, 0.717) is 13.2 Å². The molecule has 0 fully saturated rings. The van der Waals surface area contributed by atoms with Crippen LogP contribution in [0.2, 0.25) is 0 Å². The van der Waals surface area contributed by atoms with Crippen LogP contribution in [0.25, 0.3) is 55.6 Å². The quantitative estimate of drug-likeness (QED) is 0.0364. The highest BCUT2D eigenvalue weighted by molar-refractivity contribution is 6.12. The molecule has 8 rings (SSSR count). The van der Waals surface area contributed by atoms with Gasteiger partial charge in [0, 0.05) is 24.1 Å². The van der Waals surface area contributed by atoms with E-state index in [2.05, 4.69) is 154 Å². The van der Waals surface area contributed by atoms with Crippen LogP contribution in [0.15, 0.2) is 146 Å². The van der Waals surface area contributed by atoms with Crippen LogP contribution in [0.3, 0.4) is 0 Å². The van der Waals surface area contributed by atoms with Crippen LogP contribution < -0.4 is 4.74 Å². The number of fused-ring (bicyclic) bond motifs is 3. The molecular formula is C66H77NO3. The van der Waals surface area contributed by atoms with E-state index in [1.807, 2.05) is 0 Å². The Kier molecular flexibility index (Phi) is 18.2. The highest BCUT2D eigenvalue weighted by Gasteiger charge is 2.42. The first-order valence-corrected chi connectivity index (χ1v) is 27.2. The minimum absolute atomic E-state index is 0.0178. The summed E-state index contributed by atoms with van der Waals surface area (Å²) in [7, 11) is 0. The number of amides is 2. The van der Waals surface area contributed by atoms with Gasteiger partial charge in [0.15, 0.2) is 0 Å². The third kappa shape index (κ3) is 12.7. The first-order chi connectivity index (χ1) is 34.4. The lowest BCUT2D eigenvalue weighted by Gasteiger charge is -2.33. The fourth-order valence-corrected chi connectivity index (χ4v) is 11.1. The second-order valence-corrected chi connectivity index (χ2v) is 20.3. The molecule has 0 atom stereocenters. The Labute approximate surface area is 420 Å². The Balaban J connectivity index is 0.963. The van der Waals surface area contributed by atoms with Crippen molar-refractivity contribution in [1.29, 1.82) is 0 Å². The Morgan fingerprint density at radius 1 is 0.400 bits per heavy atom. The lowest BCUT2D eigenvalue weighted by molar-refractivity contribution is -0.136. The minimum atomic E-state index is -0.184. The molecule has 4 nitrogen and oxygen atoms in total. The molecule has 6 aromatic rings. The summed E-state index contributed by atoms with van der Waals surface area (Å²) in [5.74, 6) is 0.536. The van der Waals surface area contributed by atoms with Gasteiger partial charge >= 0.3 is 0 Å². The molecule has 0 unspecified atom stereocenters. The number of benzene rings is 6. The molecule has 2 amide bonds.